The summed E-state index contributed by atoms with van der Waals surface area (Å²) in [4.78, 5) is 0. The van der Waals surface area contributed by atoms with E-state index in [1.54, 1.807) is 0 Å². The van der Waals surface area contributed by atoms with Crippen molar-refractivity contribution in [3.05, 3.63) is 24.3 Å². The Morgan fingerprint density at radius 2 is 1.67 bits per heavy atom. The molecule has 0 saturated heterocycles. The molecule has 0 amide bonds. The van der Waals surface area contributed by atoms with E-state index in [0.29, 0.717) is 5.75 Å². The number of nitrogens with zero attached hydrogens (tertiary/aromatic N) is 1. The summed E-state index contributed by atoms with van der Waals surface area (Å²) < 4.78 is 5.87. The normalized spacial score (nSPS) is 11.9. The molecule has 0 aliphatic carbocycles. The highest BCUT2D eigenvalue weighted by molar-refractivity contribution is 5.44. The summed E-state index contributed by atoms with van der Waals surface area (Å²) in [6, 6.07) is 7.56. The van der Waals surface area contributed by atoms with Crippen molar-refractivity contribution < 1.29 is 14.9 Å². The van der Waals surface area contributed by atoms with Gasteiger partial charge in [0.05, 0.1) is 21.1 Å². The van der Waals surface area contributed by atoms with Crippen LogP contribution in [0.5, 0.6) is 5.75 Å². The zero-order valence-electron chi connectivity index (χ0n) is 9.34. The van der Waals surface area contributed by atoms with Crippen molar-refractivity contribution in [1.82, 2.24) is 4.48 Å². The van der Waals surface area contributed by atoms with Crippen LogP contribution in [-0.2, 0) is 0 Å². The van der Waals surface area contributed by atoms with E-state index in [4.69, 9.17) is 14.9 Å². The van der Waals surface area contributed by atoms with Crippen molar-refractivity contribution in [3.8, 4) is 5.75 Å². The van der Waals surface area contributed by atoms with Crippen LogP contribution in [0.25, 0.3) is 0 Å². The first-order chi connectivity index (χ1) is 6.89. The smallest absolute Gasteiger partial charge is 0.186 e. The molecule has 1 aromatic carbocycles. The average molecular weight is 212 g/mol. The van der Waals surface area contributed by atoms with E-state index in [-0.39, 0.29) is 6.61 Å². The third kappa shape index (κ3) is 3.87. The molecule has 0 aliphatic rings. The van der Waals surface area contributed by atoms with Crippen LogP contribution >= 0.6 is 0 Å². The van der Waals surface area contributed by atoms with Gasteiger partial charge in [0.2, 0.25) is 0 Å². The van der Waals surface area contributed by atoms with Crippen molar-refractivity contribution in [1.29, 1.82) is 0 Å². The Labute approximate surface area is 89.9 Å². The van der Waals surface area contributed by atoms with Crippen molar-refractivity contribution in [2.75, 3.05) is 27.7 Å². The summed E-state index contributed by atoms with van der Waals surface area (Å²) in [7, 11) is 6.23. The molecule has 0 unspecified atom stereocenters. The minimum atomic E-state index is -1.43. The van der Waals surface area contributed by atoms with E-state index in [1.165, 1.54) is 0 Å². The number of benzene rings is 1. The molecule has 1 aromatic rings. The van der Waals surface area contributed by atoms with Crippen LogP contribution in [0.3, 0.4) is 0 Å². The maximum absolute atomic E-state index is 8.63. The SMILES string of the molecule is C[N+](C)(C)c1ccc(OCC(O)O)cc1. The molecule has 0 saturated carbocycles. The van der Waals surface area contributed by atoms with Crippen molar-refractivity contribution in [2.24, 2.45) is 0 Å². The zero-order chi connectivity index (χ0) is 11.5. The predicted molar refractivity (Wildman–Crippen MR) is 59.7 cm³/mol. The minimum absolute atomic E-state index is 0.107. The zero-order valence-corrected chi connectivity index (χ0v) is 9.34. The number of hydrogen-bond donors (Lipinski definition) is 2. The number of quaternary nitrogens is 1. The van der Waals surface area contributed by atoms with Gasteiger partial charge in [-0.15, -0.1) is 0 Å². The van der Waals surface area contributed by atoms with Crippen LogP contribution in [0, 0.1) is 0 Å². The summed E-state index contributed by atoms with van der Waals surface area (Å²) in [5, 5.41) is 17.3. The van der Waals surface area contributed by atoms with Gasteiger partial charge in [0.1, 0.15) is 18.0 Å². The van der Waals surface area contributed by atoms with Gasteiger partial charge in [-0.2, -0.15) is 0 Å². The lowest BCUT2D eigenvalue weighted by Gasteiger charge is -2.23. The third-order valence-electron chi connectivity index (χ3n) is 2.01. The molecule has 0 aliphatic heterocycles. The van der Waals surface area contributed by atoms with Gasteiger partial charge in [-0.1, -0.05) is 0 Å². The monoisotopic (exact) mass is 212 g/mol. The number of rotatable bonds is 4. The quantitative estimate of drug-likeness (QED) is 0.567. The topological polar surface area (TPSA) is 49.7 Å². The largest absolute Gasteiger partial charge is 0.488 e. The highest BCUT2D eigenvalue weighted by Crippen LogP contribution is 2.20. The van der Waals surface area contributed by atoms with E-state index in [9.17, 15) is 0 Å². The second-order valence-electron chi connectivity index (χ2n) is 4.30. The van der Waals surface area contributed by atoms with E-state index in [1.807, 2.05) is 24.3 Å². The summed E-state index contributed by atoms with van der Waals surface area (Å²) in [6.07, 6.45) is -1.43. The Morgan fingerprint density at radius 3 is 2.07 bits per heavy atom. The highest BCUT2D eigenvalue weighted by Gasteiger charge is 2.11. The lowest BCUT2D eigenvalue weighted by molar-refractivity contribution is -0.0680. The Kier molecular flexibility index (Phi) is 3.68. The third-order valence-corrected chi connectivity index (χ3v) is 2.01. The van der Waals surface area contributed by atoms with E-state index in [2.05, 4.69) is 21.1 Å². The van der Waals surface area contributed by atoms with Crippen molar-refractivity contribution in [3.63, 3.8) is 0 Å². The first kappa shape index (κ1) is 12.0. The molecule has 0 heterocycles. The van der Waals surface area contributed by atoms with Gasteiger partial charge in [0.15, 0.2) is 6.29 Å². The molecule has 0 aromatic heterocycles. The van der Waals surface area contributed by atoms with E-state index in [0.717, 1.165) is 10.2 Å². The fraction of sp³-hybridized carbons (Fsp3) is 0.455. The first-order valence-corrected chi connectivity index (χ1v) is 4.80. The van der Waals surface area contributed by atoms with Gasteiger partial charge in [-0.25, -0.2) is 0 Å². The lowest BCUT2D eigenvalue weighted by atomic mass is 10.2. The van der Waals surface area contributed by atoms with E-state index < -0.39 is 6.29 Å². The molecule has 4 nitrogen and oxygen atoms in total. The van der Waals surface area contributed by atoms with Gasteiger partial charge >= 0.3 is 0 Å². The molecule has 1 rings (SSSR count). The Bertz CT molecular complexity index is 301. The maximum Gasteiger partial charge on any atom is 0.186 e. The molecule has 0 fully saturated rings. The van der Waals surface area contributed by atoms with Crippen LogP contribution < -0.4 is 9.22 Å². The fourth-order valence-electron chi connectivity index (χ4n) is 1.16. The van der Waals surface area contributed by atoms with Crippen LogP contribution in [0.4, 0.5) is 5.69 Å². The Hall–Kier alpha value is -1.10. The second-order valence-corrected chi connectivity index (χ2v) is 4.30. The summed E-state index contributed by atoms with van der Waals surface area (Å²) in [6.45, 7) is -0.107. The maximum atomic E-state index is 8.63. The van der Waals surface area contributed by atoms with Gasteiger partial charge in [-0.05, 0) is 12.1 Å². The fourth-order valence-corrected chi connectivity index (χ4v) is 1.16. The van der Waals surface area contributed by atoms with Crippen LogP contribution in [-0.4, -0.2) is 44.3 Å². The number of ether oxygens (including phenoxy) is 1. The standard InChI is InChI=1S/C11H18NO3/c1-12(2,3)9-4-6-10(7-5-9)15-8-11(13)14/h4-7,11,13-14H,8H2,1-3H3/q+1. The van der Waals surface area contributed by atoms with Gasteiger partial charge < -0.3 is 14.9 Å². The van der Waals surface area contributed by atoms with Gasteiger partial charge in [0.25, 0.3) is 0 Å². The Balaban J connectivity index is 2.65. The average Bonchev–Trinajstić information content (AvgIpc) is 2.14. The lowest BCUT2D eigenvalue weighted by Crippen LogP contribution is -2.34. The van der Waals surface area contributed by atoms with E-state index >= 15 is 0 Å². The van der Waals surface area contributed by atoms with Crippen molar-refractivity contribution >= 4 is 5.69 Å². The molecule has 0 bridgehead atoms. The molecular weight excluding hydrogens is 194 g/mol. The first-order valence-electron chi connectivity index (χ1n) is 4.80. The molecule has 4 heteroatoms. The summed E-state index contributed by atoms with van der Waals surface area (Å²) >= 11 is 0. The second kappa shape index (κ2) is 4.61. The molecule has 84 valence electrons. The van der Waals surface area contributed by atoms with Gasteiger partial charge in [0, 0.05) is 12.1 Å². The van der Waals surface area contributed by atoms with Crippen LogP contribution in [0.2, 0.25) is 0 Å². The summed E-state index contributed by atoms with van der Waals surface area (Å²) in [5.41, 5.74) is 1.16. The molecular formula is C11H18NO3+. The van der Waals surface area contributed by atoms with Crippen molar-refractivity contribution in [2.45, 2.75) is 6.29 Å². The summed E-state index contributed by atoms with van der Waals surface area (Å²) in [5.74, 6) is 0.639. The van der Waals surface area contributed by atoms with Gasteiger partial charge in [-0.3, -0.25) is 4.48 Å². The Morgan fingerprint density at radius 1 is 1.13 bits per heavy atom. The number of hydrogen-bond acceptors (Lipinski definition) is 3. The number of aliphatic hydroxyl groups is 2. The van der Waals surface area contributed by atoms with Crippen LogP contribution in [0.15, 0.2) is 24.3 Å². The molecule has 15 heavy (non-hydrogen) atoms. The molecule has 2 N–H and O–H groups in total. The van der Waals surface area contributed by atoms with Crippen LogP contribution in [0.1, 0.15) is 0 Å². The molecule has 0 spiro atoms. The predicted octanol–water partition coefficient (Wildman–Crippen LogP) is 0.573. The minimum Gasteiger partial charge on any atom is -0.488 e. The molecule has 0 radical (unpaired) electrons. The number of aliphatic hydroxyl groups excluding tert-OH is 1. The molecule has 0 atom stereocenters. The highest BCUT2D eigenvalue weighted by atomic mass is 16.5.